The number of benzene rings is 1. The van der Waals surface area contributed by atoms with Crippen LogP contribution in [0.2, 0.25) is 0 Å². The van der Waals surface area contributed by atoms with Gasteiger partial charge in [0.1, 0.15) is 0 Å². The van der Waals surface area contributed by atoms with Crippen LogP contribution in [0.1, 0.15) is 29.3 Å². The molecule has 2 heteroatoms. The number of hydrogen-bond acceptors (Lipinski definition) is 2. The molecule has 0 amide bonds. The van der Waals surface area contributed by atoms with Gasteiger partial charge in [0.15, 0.2) is 0 Å². The van der Waals surface area contributed by atoms with Gasteiger partial charge in [-0.3, -0.25) is 0 Å². The Labute approximate surface area is 78.5 Å². The highest BCUT2D eigenvalue weighted by atomic mass is 16.5. The summed E-state index contributed by atoms with van der Waals surface area (Å²) in [6.07, 6.45) is 2.09. The van der Waals surface area contributed by atoms with Crippen molar-refractivity contribution >= 4 is 5.97 Å². The molecule has 0 saturated carbocycles. The molecule has 0 atom stereocenters. The molecule has 13 heavy (non-hydrogen) atoms. The van der Waals surface area contributed by atoms with Gasteiger partial charge in [0.25, 0.3) is 0 Å². The molecule has 0 N–H and O–H groups in total. The monoisotopic (exact) mass is 178 g/mol. The van der Waals surface area contributed by atoms with Gasteiger partial charge in [0.05, 0.1) is 12.7 Å². The van der Waals surface area contributed by atoms with Gasteiger partial charge in [-0.15, -0.1) is 0 Å². The highest BCUT2D eigenvalue weighted by Gasteiger charge is 2.04. The first-order chi connectivity index (χ1) is 6.27. The van der Waals surface area contributed by atoms with Crippen LogP contribution in [0.3, 0.4) is 0 Å². The fourth-order valence-corrected chi connectivity index (χ4v) is 1.26. The lowest BCUT2D eigenvalue weighted by Crippen LogP contribution is -2.01. The average molecular weight is 178 g/mol. The number of rotatable bonds is 3. The second-order valence-electron chi connectivity index (χ2n) is 2.94. The van der Waals surface area contributed by atoms with Gasteiger partial charge in [0.2, 0.25) is 0 Å². The van der Waals surface area contributed by atoms with Crippen LogP contribution in [0.4, 0.5) is 0 Å². The van der Waals surface area contributed by atoms with E-state index in [-0.39, 0.29) is 5.97 Å². The van der Waals surface area contributed by atoms with Crippen molar-refractivity contribution in [1.29, 1.82) is 0 Å². The zero-order chi connectivity index (χ0) is 9.68. The third-order valence-corrected chi connectivity index (χ3v) is 1.89. The minimum atomic E-state index is -0.266. The first-order valence-electron chi connectivity index (χ1n) is 4.45. The summed E-state index contributed by atoms with van der Waals surface area (Å²) in [6.45, 7) is 2.12. The van der Waals surface area contributed by atoms with Gasteiger partial charge < -0.3 is 4.74 Å². The molecule has 1 aromatic carbocycles. The predicted molar refractivity (Wildman–Crippen MR) is 51.8 cm³/mol. The average Bonchev–Trinajstić information content (AvgIpc) is 2.18. The SMILES string of the molecule is CCCc1cccc(C(=O)OC)c1. The fraction of sp³-hybridized carbons (Fsp3) is 0.364. The van der Waals surface area contributed by atoms with Crippen molar-refractivity contribution in [2.45, 2.75) is 19.8 Å². The zero-order valence-electron chi connectivity index (χ0n) is 8.04. The first-order valence-corrected chi connectivity index (χ1v) is 4.45. The van der Waals surface area contributed by atoms with E-state index in [0.29, 0.717) is 5.56 Å². The van der Waals surface area contributed by atoms with E-state index in [4.69, 9.17) is 0 Å². The van der Waals surface area contributed by atoms with Gasteiger partial charge >= 0.3 is 5.97 Å². The van der Waals surface area contributed by atoms with Crippen molar-refractivity contribution in [2.75, 3.05) is 7.11 Å². The molecular weight excluding hydrogens is 164 g/mol. The van der Waals surface area contributed by atoms with Crippen LogP contribution in [0.25, 0.3) is 0 Å². The molecule has 70 valence electrons. The Balaban J connectivity index is 2.85. The summed E-state index contributed by atoms with van der Waals surface area (Å²) < 4.78 is 4.63. The second-order valence-corrected chi connectivity index (χ2v) is 2.94. The topological polar surface area (TPSA) is 26.3 Å². The van der Waals surface area contributed by atoms with Crippen molar-refractivity contribution in [1.82, 2.24) is 0 Å². The van der Waals surface area contributed by atoms with E-state index in [1.807, 2.05) is 18.2 Å². The van der Waals surface area contributed by atoms with Gasteiger partial charge in [-0.2, -0.15) is 0 Å². The molecule has 0 spiro atoms. The third kappa shape index (κ3) is 2.58. The summed E-state index contributed by atoms with van der Waals surface area (Å²) in [6, 6.07) is 7.56. The highest BCUT2D eigenvalue weighted by Crippen LogP contribution is 2.08. The molecule has 1 aromatic rings. The van der Waals surface area contributed by atoms with Crippen molar-refractivity contribution in [3.63, 3.8) is 0 Å². The van der Waals surface area contributed by atoms with Crippen LogP contribution < -0.4 is 0 Å². The van der Waals surface area contributed by atoms with Crippen LogP contribution in [-0.2, 0) is 11.2 Å². The standard InChI is InChI=1S/C11H14O2/c1-3-5-9-6-4-7-10(8-9)11(12)13-2/h4,6-8H,3,5H2,1-2H3. The summed E-state index contributed by atoms with van der Waals surface area (Å²) in [4.78, 5) is 11.1. The van der Waals surface area contributed by atoms with Crippen LogP contribution in [0, 0.1) is 0 Å². The van der Waals surface area contributed by atoms with E-state index in [2.05, 4.69) is 11.7 Å². The van der Waals surface area contributed by atoms with Gasteiger partial charge in [0, 0.05) is 0 Å². The smallest absolute Gasteiger partial charge is 0.337 e. The summed E-state index contributed by atoms with van der Waals surface area (Å²) in [5.41, 5.74) is 1.82. The molecular formula is C11H14O2. The van der Waals surface area contributed by atoms with Crippen molar-refractivity contribution in [3.05, 3.63) is 35.4 Å². The van der Waals surface area contributed by atoms with Crippen molar-refractivity contribution in [3.8, 4) is 0 Å². The Kier molecular flexibility index (Phi) is 3.50. The van der Waals surface area contributed by atoms with E-state index in [1.165, 1.54) is 12.7 Å². The lowest BCUT2D eigenvalue weighted by molar-refractivity contribution is 0.0600. The largest absolute Gasteiger partial charge is 0.465 e. The second kappa shape index (κ2) is 4.65. The van der Waals surface area contributed by atoms with E-state index < -0.39 is 0 Å². The number of aryl methyl sites for hydroxylation is 1. The molecule has 0 radical (unpaired) electrons. The van der Waals surface area contributed by atoms with Crippen LogP contribution >= 0.6 is 0 Å². The Morgan fingerprint density at radius 3 is 2.85 bits per heavy atom. The van der Waals surface area contributed by atoms with Gasteiger partial charge in [-0.1, -0.05) is 25.5 Å². The normalized spacial score (nSPS) is 9.69. The van der Waals surface area contributed by atoms with Gasteiger partial charge in [-0.05, 0) is 24.1 Å². The molecule has 0 aliphatic heterocycles. The summed E-state index contributed by atoms with van der Waals surface area (Å²) in [5.74, 6) is -0.266. The number of ether oxygens (including phenoxy) is 1. The maximum absolute atomic E-state index is 11.1. The maximum atomic E-state index is 11.1. The number of carbonyl (C=O) groups is 1. The summed E-state index contributed by atoms with van der Waals surface area (Å²) >= 11 is 0. The summed E-state index contributed by atoms with van der Waals surface area (Å²) in [5, 5.41) is 0. The lowest BCUT2D eigenvalue weighted by atomic mass is 10.1. The number of esters is 1. The molecule has 0 saturated heterocycles. The Bertz CT molecular complexity index is 292. The molecule has 0 unspecified atom stereocenters. The molecule has 0 heterocycles. The van der Waals surface area contributed by atoms with E-state index >= 15 is 0 Å². The Morgan fingerprint density at radius 1 is 1.46 bits per heavy atom. The number of carbonyl (C=O) groups excluding carboxylic acids is 1. The first kappa shape index (κ1) is 9.78. The predicted octanol–water partition coefficient (Wildman–Crippen LogP) is 2.43. The highest BCUT2D eigenvalue weighted by molar-refractivity contribution is 5.89. The van der Waals surface area contributed by atoms with Gasteiger partial charge in [-0.25, -0.2) is 4.79 Å². The summed E-state index contributed by atoms with van der Waals surface area (Å²) in [7, 11) is 1.40. The van der Waals surface area contributed by atoms with Crippen LogP contribution in [0.5, 0.6) is 0 Å². The number of hydrogen-bond donors (Lipinski definition) is 0. The van der Waals surface area contributed by atoms with E-state index in [9.17, 15) is 4.79 Å². The molecule has 0 bridgehead atoms. The zero-order valence-corrected chi connectivity index (χ0v) is 8.04. The van der Waals surface area contributed by atoms with Crippen molar-refractivity contribution < 1.29 is 9.53 Å². The molecule has 1 rings (SSSR count). The molecule has 0 fully saturated rings. The van der Waals surface area contributed by atoms with E-state index in [0.717, 1.165) is 12.8 Å². The van der Waals surface area contributed by atoms with Crippen LogP contribution in [0.15, 0.2) is 24.3 Å². The Hall–Kier alpha value is -1.31. The number of methoxy groups -OCH3 is 1. The lowest BCUT2D eigenvalue weighted by Gasteiger charge is -2.01. The fourth-order valence-electron chi connectivity index (χ4n) is 1.26. The minimum absolute atomic E-state index is 0.266. The molecule has 0 aliphatic carbocycles. The van der Waals surface area contributed by atoms with Crippen LogP contribution in [-0.4, -0.2) is 13.1 Å². The van der Waals surface area contributed by atoms with Crippen molar-refractivity contribution in [2.24, 2.45) is 0 Å². The molecule has 2 nitrogen and oxygen atoms in total. The maximum Gasteiger partial charge on any atom is 0.337 e. The minimum Gasteiger partial charge on any atom is -0.465 e. The quantitative estimate of drug-likeness (QED) is 0.664. The molecule has 0 aliphatic rings. The molecule has 0 aromatic heterocycles. The van der Waals surface area contributed by atoms with E-state index in [1.54, 1.807) is 6.07 Å². The Morgan fingerprint density at radius 2 is 2.23 bits per heavy atom. The third-order valence-electron chi connectivity index (χ3n) is 1.89.